The van der Waals surface area contributed by atoms with E-state index in [1.807, 2.05) is 0 Å². The number of likely N-dealkylation sites (N-methyl/N-ethyl adjacent to an activating group) is 1. The summed E-state index contributed by atoms with van der Waals surface area (Å²) < 4.78 is 5.38. The second-order valence-corrected chi connectivity index (χ2v) is 7.59. The quantitative estimate of drug-likeness (QED) is 0.911. The molecule has 2 aliphatic rings. The molecule has 0 saturated carbocycles. The maximum atomic E-state index is 12.7. The van der Waals surface area contributed by atoms with Crippen LogP contribution in [0.4, 0.5) is 11.4 Å². The van der Waals surface area contributed by atoms with Crippen molar-refractivity contribution in [2.24, 2.45) is 5.92 Å². The van der Waals surface area contributed by atoms with Gasteiger partial charge < -0.3 is 19.9 Å². The molecule has 0 radical (unpaired) electrons. The van der Waals surface area contributed by atoms with E-state index in [2.05, 4.69) is 54.2 Å². The molecule has 2 fully saturated rings. The molecule has 2 heterocycles. The molecule has 25 heavy (non-hydrogen) atoms. The van der Waals surface area contributed by atoms with Crippen LogP contribution in [0, 0.1) is 5.92 Å². The lowest BCUT2D eigenvalue weighted by Gasteiger charge is -2.34. The number of ether oxygens (including phenoxy) is 1. The van der Waals surface area contributed by atoms with Crippen molar-refractivity contribution in [1.29, 1.82) is 0 Å². The first-order valence-electron chi connectivity index (χ1n) is 9.50. The number of rotatable bonds is 4. The Kier molecular flexibility index (Phi) is 5.97. The Balaban J connectivity index is 1.77. The zero-order valence-corrected chi connectivity index (χ0v) is 15.8. The van der Waals surface area contributed by atoms with Gasteiger partial charge in [0, 0.05) is 56.7 Å². The van der Waals surface area contributed by atoms with E-state index in [9.17, 15) is 4.79 Å². The van der Waals surface area contributed by atoms with Crippen LogP contribution in [0.1, 0.15) is 38.2 Å². The first kappa shape index (κ1) is 18.2. The van der Waals surface area contributed by atoms with Crippen LogP contribution in [0.15, 0.2) is 18.2 Å². The van der Waals surface area contributed by atoms with Crippen molar-refractivity contribution in [3.8, 4) is 0 Å². The third-order valence-electron chi connectivity index (χ3n) is 5.38. The highest BCUT2D eigenvalue weighted by Crippen LogP contribution is 2.30. The Labute approximate surface area is 151 Å². The number of piperazine rings is 1. The smallest absolute Gasteiger partial charge is 0.227 e. The Morgan fingerprint density at radius 1 is 1.16 bits per heavy atom. The maximum absolute atomic E-state index is 12.7. The first-order valence-corrected chi connectivity index (χ1v) is 9.50. The summed E-state index contributed by atoms with van der Waals surface area (Å²) in [5.41, 5.74) is 3.39. The van der Waals surface area contributed by atoms with Crippen LogP contribution in [0.3, 0.4) is 0 Å². The van der Waals surface area contributed by atoms with Gasteiger partial charge in [-0.1, -0.05) is 19.9 Å². The summed E-state index contributed by atoms with van der Waals surface area (Å²) in [6.07, 6.45) is 1.64. The van der Waals surface area contributed by atoms with Crippen LogP contribution in [0.2, 0.25) is 0 Å². The predicted octanol–water partition coefficient (Wildman–Crippen LogP) is 2.93. The fourth-order valence-corrected chi connectivity index (χ4v) is 3.61. The first-order chi connectivity index (χ1) is 12.0. The molecular weight excluding hydrogens is 314 g/mol. The number of hydrogen-bond donors (Lipinski definition) is 1. The molecule has 0 atom stereocenters. The summed E-state index contributed by atoms with van der Waals surface area (Å²) in [4.78, 5) is 17.5. The average molecular weight is 345 g/mol. The second kappa shape index (κ2) is 8.19. The number of amides is 1. The zero-order chi connectivity index (χ0) is 17.8. The van der Waals surface area contributed by atoms with Crippen LogP contribution in [-0.2, 0) is 9.53 Å². The Bertz CT molecular complexity index is 589. The Morgan fingerprint density at radius 3 is 2.48 bits per heavy atom. The summed E-state index contributed by atoms with van der Waals surface area (Å²) in [7, 11) is 2.17. The van der Waals surface area contributed by atoms with Crippen LogP contribution < -0.4 is 10.2 Å². The van der Waals surface area contributed by atoms with Gasteiger partial charge in [-0.3, -0.25) is 4.79 Å². The van der Waals surface area contributed by atoms with E-state index < -0.39 is 0 Å². The number of carbonyl (C=O) groups excluding carboxylic acids is 1. The van der Waals surface area contributed by atoms with Crippen molar-refractivity contribution in [2.45, 2.75) is 32.6 Å². The van der Waals surface area contributed by atoms with Crippen molar-refractivity contribution in [2.75, 3.05) is 56.7 Å². The third kappa shape index (κ3) is 4.53. The van der Waals surface area contributed by atoms with E-state index in [1.54, 1.807) is 0 Å². The molecule has 0 bridgehead atoms. The van der Waals surface area contributed by atoms with E-state index in [0.717, 1.165) is 44.7 Å². The lowest BCUT2D eigenvalue weighted by Crippen LogP contribution is -2.44. The summed E-state index contributed by atoms with van der Waals surface area (Å²) in [6.45, 7) is 9.96. The van der Waals surface area contributed by atoms with Crippen LogP contribution in [0.5, 0.6) is 0 Å². The average Bonchev–Trinajstić information content (AvgIpc) is 2.63. The number of nitrogens with one attached hydrogen (secondary N) is 1. The van der Waals surface area contributed by atoms with Gasteiger partial charge in [-0.05, 0) is 43.5 Å². The topological polar surface area (TPSA) is 44.8 Å². The van der Waals surface area contributed by atoms with Crippen LogP contribution in [-0.4, -0.2) is 57.2 Å². The van der Waals surface area contributed by atoms with Gasteiger partial charge in [0.05, 0.1) is 0 Å². The molecule has 2 aliphatic heterocycles. The van der Waals surface area contributed by atoms with E-state index in [0.29, 0.717) is 19.1 Å². The molecule has 5 nitrogen and oxygen atoms in total. The van der Waals surface area contributed by atoms with Crippen molar-refractivity contribution < 1.29 is 9.53 Å². The maximum Gasteiger partial charge on any atom is 0.227 e. The lowest BCUT2D eigenvalue weighted by molar-refractivity contribution is -0.122. The van der Waals surface area contributed by atoms with Crippen molar-refractivity contribution >= 4 is 17.3 Å². The van der Waals surface area contributed by atoms with Crippen molar-refractivity contribution in [3.63, 3.8) is 0 Å². The summed E-state index contributed by atoms with van der Waals surface area (Å²) in [5, 5.41) is 3.22. The standard InChI is InChI=1S/C20H31N3O2/c1-15(2)18-5-4-17(23-10-8-22(3)9-11-23)14-19(18)21-20(24)16-6-12-25-13-7-16/h4-5,14-16H,6-13H2,1-3H3,(H,21,24). The minimum absolute atomic E-state index is 0.0704. The number of benzene rings is 1. The third-order valence-corrected chi connectivity index (χ3v) is 5.38. The minimum atomic E-state index is 0.0704. The van der Waals surface area contributed by atoms with Crippen LogP contribution in [0.25, 0.3) is 0 Å². The monoisotopic (exact) mass is 345 g/mol. The SMILES string of the molecule is CC(C)c1ccc(N2CCN(C)CC2)cc1NC(=O)C1CCOCC1. The van der Waals surface area contributed by atoms with Gasteiger partial charge in [-0.15, -0.1) is 0 Å². The Hall–Kier alpha value is -1.59. The second-order valence-electron chi connectivity index (χ2n) is 7.59. The number of anilines is 2. The molecule has 5 heteroatoms. The zero-order valence-electron chi connectivity index (χ0n) is 15.8. The fraction of sp³-hybridized carbons (Fsp3) is 0.650. The van der Waals surface area contributed by atoms with E-state index in [-0.39, 0.29) is 11.8 Å². The highest BCUT2D eigenvalue weighted by atomic mass is 16.5. The number of carbonyl (C=O) groups is 1. The molecule has 0 spiro atoms. The summed E-state index contributed by atoms with van der Waals surface area (Å²) >= 11 is 0. The van der Waals surface area contributed by atoms with Crippen molar-refractivity contribution in [1.82, 2.24) is 4.90 Å². The van der Waals surface area contributed by atoms with E-state index in [4.69, 9.17) is 4.74 Å². The van der Waals surface area contributed by atoms with Gasteiger partial charge in [-0.2, -0.15) is 0 Å². The molecule has 0 aromatic heterocycles. The summed E-state index contributed by atoms with van der Waals surface area (Å²) in [5.74, 6) is 0.591. The minimum Gasteiger partial charge on any atom is -0.381 e. The molecule has 138 valence electrons. The molecule has 0 unspecified atom stereocenters. The van der Waals surface area contributed by atoms with Gasteiger partial charge in [0.25, 0.3) is 0 Å². The predicted molar refractivity (Wildman–Crippen MR) is 102 cm³/mol. The van der Waals surface area contributed by atoms with E-state index >= 15 is 0 Å². The molecular formula is C20H31N3O2. The lowest BCUT2D eigenvalue weighted by atomic mass is 9.97. The van der Waals surface area contributed by atoms with Gasteiger partial charge >= 0.3 is 0 Å². The molecule has 1 aromatic rings. The van der Waals surface area contributed by atoms with Gasteiger partial charge in [-0.25, -0.2) is 0 Å². The molecule has 2 saturated heterocycles. The molecule has 3 rings (SSSR count). The fourth-order valence-electron chi connectivity index (χ4n) is 3.61. The normalized spacial score (nSPS) is 20.1. The van der Waals surface area contributed by atoms with Gasteiger partial charge in [0.15, 0.2) is 0 Å². The van der Waals surface area contributed by atoms with Crippen LogP contribution >= 0.6 is 0 Å². The number of nitrogens with zero attached hydrogens (tertiary/aromatic N) is 2. The molecule has 1 amide bonds. The van der Waals surface area contributed by atoms with Crippen molar-refractivity contribution in [3.05, 3.63) is 23.8 Å². The summed E-state index contributed by atoms with van der Waals surface area (Å²) in [6, 6.07) is 6.54. The molecule has 1 N–H and O–H groups in total. The van der Waals surface area contributed by atoms with Gasteiger partial charge in [0.1, 0.15) is 0 Å². The molecule has 0 aliphatic carbocycles. The highest BCUT2D eigenvalue weighted by Gasteiger charge is 2.23. The highest BCUT2D eigenvalue weighted by molar-refractivity contribution is 5.94. The largest absolute Gasteiger partial charge is 0.381 e. The van der Waals surface area contributed by atoms with Gasteiger partial charge in [0.2, 0.25) is 5.91 Å². The molecule has 1 aromatic carbocycles. The van der Waals surface area contributed by atoms with E-state index in [1.165, 1.54) is 11.3 Å². The Morgan fingerprint density at radius 2 is 1.84 bits per heavy atom. The number of hydrogen-bond acceptors (Lipinski definition) is 4.